The molecule has 1 aliphatic rings. The van der Waals surface area contributed by atoms with Gasteiger partial charge in [-0.1, -0.05) is 67.6 Å². The molecule has 0 saturated heterocycles. The SMILES string of the molecule is CC1CCc2c(sc(NC(=O)CC(c3ccccc3)c3ccccc3)c2C#N)C1. The average Bonchev–Trinajstić information content (AvgIpc) is 3.09. The van der Waals surface area contributed by atoms with Crippen LogP contribution in [0.1, 0.15) is 52.8 Å². The third kappa shape index (κ3) is 4.26. The minimum absolute atomic E-state index is 0.0162. The van der Waals surface area contributed by atoms with Crippen molar-refractivity contribution >= 4 is 22.2 Å². The van der Waals surface area contributed by atoms with Gasteiger partial charge in [0, 0.05) is 17.2 Å². The number of amides is 1. The van der Waals surface area contributed by atoms with Crippen LogP contribution in [0.25, 0.3) is 0 Å². The second-order valence-corrected chi connectivity index (χ2v) is 8.90. The van der Waals surface area contributed by atoms with Crippen molar-refractivity contribution in [1.29, 1.82) is 5.26 Å². The summed E-state index contributed by atoms with van der Waals surface area (Å²) in [4.78, 5) is 14.3. The van der Waals surface area contributed by atoms with Gasteiger partial charge in [0.1, 0.15) is 11.1 Å². The summed E-state index contributed by atoms with van der Waals surface area (Å²) >= 11 is 1.58. The monoisotopic (exact) mass is 400 g/mol. The van der Waals surface area contributed by atoms with Gasteiger partial charge in [0.25, 0.3) is 0 Å². The molecule has 0 saturated carbocycles. The van der Waals surface area contributed by atoms with Crippen molar-refractivity contribution in [3.05, 3.63) is 87.8 Å². The Kier molecular flexibility index (Phi) is 5.78. The third-order valence-corrected chi connectivity index (χ3v) is 6.84. The first-order chi connectivity index (χ1) is 14.2. The molecule has 1 unspecified atom stereocenters. The average molecular weight is 401 g/mol. The fraction of sp³-hybridized carbons (Fsp3) is 0.280. The molecule has 0 spiro atoms. The summed E-state index contributed by atoms with van der Waals surface area (Å²) in [5.41, 5.74) is 4.05. The summed E-state index contributed by atoms with van der Waals surface area (Å²) in [6, 6.07) is 22.6. The molecule has 146 valence electrons. The van der Waals surface area contributed by atoms with E-state index in [1.54, 1.807) is 11.3 Å². The van der Waals surface area contributed by atoms with Gasteiger partial charge in [-0.3, -0.25) is 4.79 Å². The van der Waals surface area contributed by atoms with Gasteiger partial charge in [-0.15, -0.1) is 11.3 Å². The van der Waals surface area contributed by atoms with Crippen molar-refractivity contribution < 1.29 is 4.79 Å². The summed E-state index contributed by atoms with van der Waals surface area (Å²) in [5.74, 6) is 0.570. The maximum atomic E-state index is 13.0. The number of carbonyl (C=O) groups excluding carboxylic acids is 1. The molecule has 0 fully saturated rings. The number of rotatable bonds is 5. The van der Waals surface area contributed by atoms with Crippen LogP contribution in [0.2, 0.25) is 0 Å². The van der Waals surface area contributed by atoms with E-state index >= 15 is 0 Å². The quantitative estimate of drug-likeness (QED) is 0.579. The number of carbonyl (C=O) groups is 1. The molecule has 2 aromatic carbocycles. The van der Waals surface area contributed by atoms with Crippen molar-refractivity contribution in [3.63, 3.8) is 0 Å². The first-order valence-electron chi connectivity index (χ1n) is 10.1. The molecular formula is C25H24N2OS. The summed E-state index contributed by atoms with van der Waals surface area (Å²) in [6.07, 6.45) is 3.39. The number of nitrogens with zero attached hydrogens (tertiary/aromatic N) is 1. The Balaban J connectivity index is 1.57. The van der Waals surface area contributed by atoms with Crippen LogP contribution in [0.4, 0.5) is 5.00 Å². The number of benzene rings is 2. The highest BCUT2D eigenvalue weighted by Gasteiger charge is 2.25. The number of hydrogen-bond donors (Lipinski definition) is 1. The molecule has 29 heavy (non-hydrogen) atoms. The molecule has 4 rings (SSSR count). The standard InChI is InChI=1S/C25H24N2OS/c1-17-12-13-20-22(16-26)25(29-23(20)14-17)27-24(28)15-21(18-8-4-2-5-9-18)19-10-6-3-7-11-19/h2-11,17,21H,12-15H2,1H3,(H,27,28). The second-order valence-electron chi connectivity index (χ2n) is 7.79. The van der Waals surface area contributed by atoms with Crippen LogP contribution in [0.3, 0.4) is 0 Å². The van der Waals surface area contributed by atoms with E-state index in [2.05, 4.69) is 42.6 Å². The van der Waals surface area contributed by atoms with Gasteiger partial charge in [0.2, 0.25) is 5.91 Å². The second kappa shape index (κ2) is 8.63. The van der Waals surface area contributed by atoms with Gasteiger partial charge in [-0.2, -0.15) is 5.26 Å². The zero-order valence-corrected chi connectivity index (χ0v) is 17.3. The zero-order valence-electron chi connectivity index (χ0n) is 16.5. The number of nitrogens with one attached hydrogen (secondary N) is 1. The Hall–Kier alpha value is -2.90. The molecule has 1 N–H and O–H groups in total. The minimum atomic E-state index is -0.0501. The van der Waals surface area contributed by atoms with E-state index in [4.69, 9.17) is 0 Å². The van der Waals surface area contributed by atoms with Crippen LogP contribution in [0, 0.1) is 17.2 Å². The molecule has 4 heteroatoms. The molecule has 1 aromatic heterocycles. The minimum Gasteiger partial charge on any atom is -0.317 e. The number of nitriles is 1. The van der Waals surface area contributed by atoms with E-state index in [-0.39, 0.29) is 11.8 Å². The molecule has 1 atom stereocenters. The lowest BCUT2D eigenvalue weighted by Gasteiger charge is -2.17. The van der Waals surface area contributed by atoms with Gasteiger partial charge in [0.05, 0.1) is 5.56 Å². The maximum absolute atomic E-state index is 13.0. The van der Waals surface area contributed by atoms with Gasteiger partial charge in [0.15, 0.2) is 0 Å². The molecule has 3 aromatic rings. The molecule has 1 aliphatic carbocycles. The largest absolute Gasteiger partial charge is 0.317 e. The van der Waals surface area contributed by atoms with E-state index < -0.39 is 0 Å². The van der Waals surface area contributed by atoms with Crippen LogP contribution in [-0.2, 0) is 17.6 Å². The predicted octanol–water partition coefficient (Wildman–Crippen LogP) is 5.91. The van der Waals surface area contributed by atoms with Crippen molar-refractivity contribution in [2.45, 2.75) is 38.5 Å². The third-order valence-electron chi connectivity index (χ3n) is 5.67. The number of anilines is 1. The van der Waals surface area contributed by atoms with E-state index in [1.807, 2.05) is 36.4 Å². The van der Waals surface area contributed by atoms with Crippen LogP contribution in [0.5, 0.6) is 0 Å². The van der Waals surface area contributed by atoms with Crippen molar-refractivity contribution in [2.75, 3.05) is 5.32 Å². The Labute approximate surface area is 176 Å². The Morgan fingerprint density at radius 1 is 1.14 bits per heavy atom. The van der Waals surface area contributed by atoms with Crippen LogP contribution in [0.15, 0.2) is 60.7 Å². The molecule has 0 aliphatic heterocycles. The predicted molar refractivity (Wildman–Crippen MR) is 118 cm³/mol. The molecular weight excluding hydrogens is 376 g/mol. The first kappa shape index (κ1) is 19.4. The van der Waals surface area contributed by atoms with Gasteiger partial charge < -0.3 is 5.32 Å². The van der Waals surface area contributed by atoms with Crippen molar-refractivity contribution in [1.82, 2.24) is 0 Å². The lowest BCUT2D eigenvalue weighted by molar-refractivity contribution is -0.116. The molecule has 0 bridgehead atoms. The molecule has 1 amide bonds. The number of thiophene rings is 1. The summed E-state index contributed by atoms with van der Waals surface area (Å²) in [6.45, 7) is 2.25. The highest BCUT2D eigenvalue weighted by atomic mass is 32.1. The normalized spacial score (nSPS) is 15.6. The fourth-order valence-corrected chi connectivity index (χ4v) is 5.50. The Morgan fingerprint density at radius 2 is 1.76 bits per heavy atom. The smallest absolute Gasteiger partial charge is 0.225 e. The van der Waals surface area contributed by atoms with Gasteiger partial charge >= 0.3 is 0 Å². The zero-order chi connectivity index (χ0) is 20.2. The summed E-state index contributed by atoms with van der Waals surface area (Å²) in [5, 5.41) is 13.5. The summed E-state index contributed by atoms with van der Waals surface area (Å²) < 4.78 is 0. The van der Waals surface area contributed by atoms with Gasteiger partial charge in [-0.25, -0.2) is 0 Å². The molecule has 3 nitrogen and oxygen atoms in total. The van der Waals surface area contributed by atoms with E-state index in [9.17, 15) is 10.1 Å². The first-order valence-corrected chi connectivity index (χ1v) is 10.9. The van der Waals surface area contributed by atoms with Crippen LogP contribution < -0.4 is 5.32 Å². The topological polar surface area (TPSA) is 52.9 Å². The fourth-order valence-electron chi connectivity index (χ4n) is 4.12. The van der Waals surface area contributed by atoms with E-state index in [0.29, 0.717) is 17.9 Å². The van der Waals surface area contributed by atoms with Crippen LogP contribution >= 0.6 is 11.3 Å². The highest BCUT2D eigenvalue weighted by Crippen LogP contribution is 2.39. The van der Waals surface area contributed by atoms with Gasteiger partial charge in [-0.05, 0) is 41.9 Å². The van der Waals surface area contributed by atoms with E-state index in [0.717, 1.165) is 41.0 Å². The molecule has 1 heterocycles. The summed E-state index contributed by atoms with van der Waals surface area (Å²) in [7, 11) is 0. The number of hydrogen-bond acceptors (Lipinski definition) is 3. The highest BCUT2D eigenvalue weighted by molar-refractivity contribution is 7.16. The molecule has 0 radical (unpaired) electrons. The van der Waals surface area contributed by atoms with Crippen molar-refractivity contribution in [2.24, 2.45) is 5.92 Å². The Bertz CT molecular complexity index is 994. The van der Waals surface area contributed by atoms with Crippen molar-refractivity contribution in [3.8, 4) is 6.07 Å². The van der Waals surface area contributed by atoms with Crippen LogP contribution in [-0.4, -0.2) is 5.91 Å². The maximum Gasteiger partial charge on any atom is 0.225 e. The lowest BCUT2D eigenvalue weighted by atomic mass is 9.88. The lowest BCUT2D eigenvalue weighted by Crippen LogP contribution is -2.16. The van der Waals surface area contributed by atoms with E-state index in [1.165, 1.54) is 4.88 Å². The Morgan fingerprint density at radius 3 is 2.34 bits per heavy atom. The number of fused-ring (bicyclic) bond motifs is 1.